The highest BCUT2D eigenvalue weighted by Crippen LogP contribution is 2.64. The molecule has 0 aromatic carbocycles. The number of carbonyl (C=O) groups excluding carboxylic acids is 4. The molecule has 6 atom stereocenters. The summed E-state index contributed by atoms with van der Waals surface area (Å²) in [5, 5.41) is 33.5. The Bertz CT molecular complexity index is 1160. The molecule has 0 amide bonds. The molecule has 36 heavy (non-hydrogen) atoms. The summed E-state index contributed by atoms with van der Waals surface area (Å²) < 4.78 is 5.61. The van der Waals surface area contributed by atoms with Gasteiger partial charge in [-0.05, 0) is 54.0 Å². The maximum atomic E-state index is 13.9. The molecule has 8 nitrogen and oxygen atoms in total. The van der Waals surface area contributed by atoms with Crippen molar-refractivity contribution in [1.82, 2.24) is 0 Å². The van der Waals surface area contributed by atoms with Gasteiger partial charge in [0, 0.05) is 29.7 Å². The highest BCUT2D eigenvalue weighted by Gasteiger charge is 2.77. The Labute approximate surface area is 210 Å². The molecule has 3 N–H and O–H groups in total. The quantitative estimate of drug-likeness (QED) is 0.120. The first-order valence-corrected chi connectivity index (χ1v) is 12.0. The number of hydrogen-bond donors (Lipinski definition) is 3. The van der Waals surface area contributed by atoms with E-state index >= 15 is 0 Å². The van der Waals surface area contributed by atoms with Gasteiger partial charge in [-0.2, -0.15) is 0 Å². The Hall–Kier alpha value is -3.26. The number of fused-ring (bicyclic) bond motifs is 3. The van der Waals surface area contributed by atoms with Gasteiger partial charge in [-0.1, -0.05) is 30.4 Å². The van der Waals surface area contributed by atoms with Gasteiger partial charge >= 0.3 is 5.97 Å². The van der Waals surface area contributed by atoms with Gasteiger partial charge < -0.3 is 20.1 Å². The first-order chi connectivity index (χ1) is 16.7. The third kappa shape index (κ3) is 3.70. The molecule has 0 aromatic heterocycles. The van der Waals surface area contributed by atoms with E-state index in [1.54, 1.807) is 38.2 Å². The SMILES string of the molecule is C/C=C/C=C/C(O)=C1\C(=O)[C@]2(C)C(=O)[C@@](C)(O)[C@H]1[C@H]([C@@]1(C)OC(=O)C(C)=C1O)[C@H]2C(=O)CC/C=C/C. The van der Waals surface area contributed by atoms with Crippen LogP contribution < -0.4 is 0 Å². The van der Waals surface area contributed by atoms with Gasteiger partial charge in [0.05, 0.1) is 5.57 Å². The van der Waals surface area contributed by atoms with E-state index in [-0.39, 0.29) is 17.6 Å². The van der Waals surface area contributed by atoms with Gasteiger partial charge in [0.2, 0.25) is 0 Å². The van der Waals surface area contributed by atoms with E-state index in [0.717, 1.165) is 0 Å². The molecule has 0 unspecified atom stereocenters. The van der Waals surface area contributed by atoms with Crippen LogP contribution in [0, 0.1) is 23.2 Å². The topological polar surface area (TPSA) is 138 Å². The maximum Gasteiger partial charge on any atom is 0.338 e. The number of aliphatic hydroxyl groups excluding tert-OH is 2. The van der Waals surface area contributed by atoms with E-state index in [4.69, 9.17) is 4.74 Å². The minimum absolute atomic E-state index is 0.00374. The lowest BCUT2D eigenvalue weighted by molar-refractivity contribution is -0.204. The molecule has 0 aromatic rings. The molecule has 3 saturated carbocycles. The second-order valence-corrected chi connectivity index (χ2v) is 10.2. The van der Waals surface area contributed by atoms with Crippen LogP contribution in [0.4, 0.5) is 0 Å². The Morgan fingerprint density at radius 3 is 2.25 bits per heavy atom. The average molecular weight is 499 g/mol. The molecular weight excluding hydrogens is 464 g/mol. The summed E-state index contributed by atoms with van der Waals surface area (Å²) >= 11 is 0. The smallest absolute Gasteiger partial charge is 0.338 e. The van der Waals surface area contributed by atoms with E-state index in [1.165, 1.54) is 39.8 Å². The van der Waals surface area contributed by atoms with Crippen molar-refractivity contribution in [3.63, 3.8) is 0 Å². The van der Waals surface area contributed by atoms with Crippen molar-refractivity contribution in [2.45, 2.75) is 65.6 Å². The van der Waals surface area contributed by atoms with Crippen LogP contribution in [0.15, 0.2) is 59.1 Å². The van der Waals surface area contributed by atoms with Crippen LogP contribution in [0.2, 0.25) is 0 Å². The fourth-order valence-electron chi connectivity index (χ4n) is 6.18. The summed E-state index contributed by atoms with van der Waals surface area (Å²) in [5.74, 6) is -7.69. The first kappa shape index (κ1) is 27.3. The van der Waals surface area contributed by atoms with E-state index in [0.29, 0.717) is 6.42 Å². The lowest BCUT2D eigenvalue weighted by Gasteiger charge is -2.61. The van der Waals surface area contributed by atoms with Crippen molar-refractivity contribution < 1.29 is 39.2 Å². The largest absolute Gasteiger partial charge is 0.508 e. The number of aliphatic hydroxyl groups is 3. The number of Topliss-reactive ketones (excluding diaryl/α,β-unsaturated/α-hetero) is 3. The van der Waals surface area contributed by atoms with Gasteiger partial charge in [-0.15, -0.1) is 0 Å². The summed E-state index contributed by atoms with van der Waals surface area (Å²) in [7, 11) is 0. The highest BCUT2D eigenvalue weighted by molar-refractivity contribution is 6.23. The molecule has 194 valence electrons. The van der Waals surface area contributed by atoms with Crippen LogP contribution in [0.5, 0.6) is 0 Å². The molecule has 2 bridgehead atoms. The average Bonchev–Trinajstić information content (AvgIpc) is 3.01. The minimum Gasteiger partial charge on any atom is -0.508 e. The Morgan fingerprint density at radius 1 is 1.08 bits per heavy atom. The molecule has 8 heteroatoms. The predicted molar refractivity (Wildman–Crippen MR) is 132 cm³/mol. The van der Waals surface area contributed by atoms with Crippen LogP contribution in [-0.4, -0.2) is 49.8 Å². The molecule has 1 aliphatic heterocycles. The number of carbonyl (C=O) groups is 4. The van der Waals surface area contributed by atoms with Crippen LogP contribution in [0.1, 0.15) is 54.4 Å². The molecule has 3 aliphatic carbocycles. The minimum atomic E-state index is -2.20. The van der Waals surface area contributed by atoms with Crippen molar-refractivity contribution in [2.75, 3.05) is 0 Å². The number of ketones is 3. The fraction of sp³-hybridized carbons (Fsp3) is 0.500. The molecule has 0 radical (unpaired) electrons. The summed E-state index contributed by atoms with van der Waals surface area (Å²) in [4.78, 5) is 53.6. The Kier molecular flexibility index (Phi) is 7.07. The molecule has 4 aliphatic rings. The second-order valence-electron chi connectivity index (χ2n) is 10.2. The first-order valence-electron chi connectivity index (χ1n) is 12.0. The summed E-state index contributed by atoms with van der Waals surface area (Å²) in [5.41, 5.74) is -6.38. The molecule has 0 saturated heterocycles. The van der Waals surface area contributed by atoms with E-state index in [9.17, 15) is 34.5 Å². The van der Waals surface area contributed by atoms with Crippen LogP contribution in [0.25, 0.3) is 0 Å². The number of ether oxygens (including phenoxy) is 1. The predicted octanol–water partition coefficient (Wildman–Crippen LogP) is 3.78. The number of esters is 1. The van der Waals surface area contributed by atoms with Crippen molar-refractivity contribution in [2.24, 2.45) is 23.2 Å². The molecule has 4 rings (SSSR count). The van der Waals surface area contributed by atoms with Crippen LogP contribution >= 0.6 is 0 Å². The Morgan fingerprint density at radius 2 is 1.72 bits per heavy atom. The Balaban J connectivity index is 2.36. The van der Waals surface area contributed by atoms with Crippen LogP contribution in [0.3, 0.4) is 0 Å². The third-order valence-corrected chi connectivity index (χ3v) is 7.95. The number of hydrogen-bond acceptors (Lipinski definition) is 8. The lowest BCUT2D eigenvalue weighted by Crippen LogP contribution is -2.75. The van der Waals surface area contributed by atoms with Gasteiger partial charge in [0.15, 0.2) is 17.2 Å². The second kappa shape index (κ2) is 9.32. The van der Waals surface area contributed by atoms with Crippen molar-refractivity contribution >= 4 is 23.3 Å². The third-order valence-electron chi connectivity index (χ3n) is 7.95. The summed E-state index contributed by atoms with van der Waals surface area (Å²) in [6.45, 7) is 8.87. The van der Waals surface area contributed by atoms with Gasteiger partial charge in [-0.3, -0.25) is 14.4 Å². The van der Waals surface area contributed by atoms with Crippen LogP contribution in [-0.2, 0) is 23.9 Å². The van der Waals surface area contributed by atoms with Crippen molar-refractivity contribution in [3.8, 4) is 0 Å². The zero-order chi connectivity index (χ0) is 27.2. The van der Waals surface area contributed by atoms with E-state index in [1.807, 2.05) is 0 Å². The molecule has 0 spiro atoms. The van der Waals surface area contributed by atoms with Gasteiger partial charge in [0.1, 0.15) is 28.3 Å². The fourth-order valence-corrected chi connectivity index (χ4v) is 6.18. The maximum absolute atomic E-state index is 13.9. The van der Waals surface area contributed by atoms with Gasteiger partial charge in [-0.25, -0.2) is 4.79 Å². The number of rotatable bonds is 7. The summed E-state index contributed by atoms with van der Waals surface area (Å²) in [6.07, 6.45) is 9.98. The monoisotopic (exact) mass is 498 g/mol. The molecule has 3 fully saturated rings. The van der Waals surface area contributed by atoms with E-state index in [2.05, 4.69) is 0 Å². The normalized spacial score (nSPS) is 38.2. The van der Waals surface area contributed by atoms with Crippen molar-refractivity contribution in [1.29, 1.82) is 0 Å². The lowest BCUT2D eigenvalue weighted by atomic mass is 9.40. The zero-order valence-corrected chi connectivity index (χ0v) is 21.5. The number of cyclic esters (lactones) is 1. The van der Waals surface area contributed by atoms with E-state index < -0.39 is 69.2 Å². The zero-order valence-electron chi connectivity index (χ0n) is 21.5. The molecular formula is C28H34O8. The van der Waals surface area contributed by atoms with Gasteiger partial charge in [0.25, 0.3) is 0 Å². The van der Waals surface area contributed by atoms with Crippen molar-refractivity contribution in [3.05, 3.63) is 59.1 Å². The highest BCUT2D eigenvalue weighted by atomic mass is 16.6. The summed E-state index contributed by atoms with van der Waals surface area (Å²) in [6, 6.07) is 0. The number of allylic oxidation sites excluding steroid dienone is 6. The standard InChI is InChI=1S/C28H34O8/c1-7-9-11-13-16(29)18-20-21(28(6)22(31)15(3)24(33)36-28)19(17(30)14-12-10-8-2)26(4,23(18)32)25(34)27(20,5)35/h7-11,13,19-21,29,31,35H,12,14H2,1-6H3/b9-7+,10-8+,13-11+,18-16+/t19-,20-,21-,26-,27+,28-/m1/s1. The molecule has 1 heterocycles.